The van der Waals surface area contributed by atoms with E-state index in [-0.39, 0.29) is 13.2 Å². The van der Waals surface area contributed by atoms with Crippen LogP contribution in [0, 0.1) is 0 Å². The van der Waals surface area contributed by atoms with Gasteiger partial charge in [-0.05, 0) is 52.3 Å². The van der Waals surface area contributed by atoms with Crippen LogP contribution in [0.25, 0.3) is 0 Å². The molecule has 2 rings (SSSR count). The fraction of sp³-hybridized carbons (Fsp3) is 0.133. The van der Waals surface area contributed by atoms with Crippen molar-refractivity contribution in [3.05, 3.63) is 57.0 Å². The molecule has 0 spiro atoms. The zero-order valence-corrected chi connectivity index (χ0v) is 14.2. The first kappa shape index (κ1) is 15.9. The second-order valence-electron chi connectivity index (χ2n) is 4.15. The summed E-state index contributed by atoms with van der Waals surface area (Å²) in [4.78, 5) is 11.9. The monoisotopic (exact) mass is 413 g/mol. The van der Waals surface area contributed by atoms with E-state index in [0.29, 0.717) is 15.7 Å². The minimum absolute atomic E-state index is 0.163. The number of hydrogen-bond donors (Lipinski definition) is 1. The normalized spacial score (nSPS) is 10.2. The molecule has 0 bridgehead atoms. The van der Waals surface area contributed by atoms with E-state index in [9.17, 15) is 4.79 Å². The van der Waals surface area contributed by atoms with Crippen molar-refractivity contribution in [1.82, 2.24) is 0 Å². The van der Waals surface area contributed by atoms with E-state index in [1.165, 1.54) is 0 Å². The number of anilines is 1. The molecule has 0 aliphatic rings. The van der Waals surface area contributed by atoms with Crippen LogP contribution in [0.2, 0.25) is 0 Å². The summed E-state index contributed by atoms with van der Waals surface area (Å²) in [7, 11) is 0. The Morgan fingerprint density at radius 1 is 1.05 bits per heavy atom. The molecule has 0 saturated heterocycles. The average molecular weight is 415 g/mol. The molecule has 110 valence electrons. The molecule has 2 aromatic carbocycles. The van der Waals surface area contributed by atoms with Crippen molar-refractivity contribution in [2.75, 3.05) is 18.9 Å². The largest absolute Gasteiger partial charge is 0.490 e. The SMILES string of the molecule is Nc1cccc(C(=O)OCCOc2ccc(Br)cc2)c1Br. The maximum atomic E-state index is 11.9. The Bertz CT molecular complexity index is 629. The van der Waals surface area contributed by atoms with E-state index in [0.717, 1.165) is 10.2 Å². The molecule has 0 unspecified atom stereocenters. The Labute approximate surface area is 139 Å². The number of esters is 1. The highest BCUT2D eigenvalue weighted by Crippen LogP contribution is 2.24. The van der Waals surface area contributed by atoms with Crippen LogP contribution in [0.3, 0.4) is 0 Å². The molecule has 0 radical (unpaired) electrons. The molecule has 2 N–H and O–H groups in total. The van der Waals surface area contributed by atoms with Crippen molar-refractivity contribution < 1.29 is 14.3 Å². The van der Waals surface area contributed by atoms with Crippen LogP contribution in [-0.2, 0) is 4.74 Å². The van der Waals surface area contributed by atoms with Gasteiger partial charge in [0, 0.05) is 10.2 Å². The molecular formula is C15H13Br2NO3. The Morgan fingerprint density at radius 2 is 1.76 bits per heavy atom. The lowest BCUT2D eigenvalue weighted by atomic mass is 10.2. The van der Waals surface area contributed by atoms with Gasteiger partial charge < -0.3 is 15.2 Å². The second-order valence-corrected chi connectivity index (χ2v) is 5.86. The van der Waals surface area contributed by atoms with E-state index < -0.39 is 5.97 Å². The maximum absolute atomic E-state index is 11.9. The first-order valence-corrected chi connectivity index (χ1v) is 7.76. The van der Waals surface area contributed by atoms with Crippen LogP contribution in [0.4, 0.5) is 5.69 Å². The number of carbonyl (C=O) groups is 1. The molecular weight excluding hydrogens is 402 g/mol. The van der Waals surface area contributed by atoms with Crippen LogP contribution in [0.5, 0.6) is 5.75 Å². The lowest BCUT2D eigenvalue weighted by Gasteiger charge is -2.09. The van der Waals surface area contributed by atoms with Crippen molar-refractivity contribution in [3.63, 3.8) is 0 Å². The third-order valence-corrected chi connectivity index (χ3v) is 4.06. The predicted octanol–water partition coefficient (Wildman–Crippen LogP) is 4.03. The van der Waals surface area contributed by atoms with Gasteiger partial charge in [-0.2, -0.15) is 0 Å². The van der Waals surface area contributed by atoms with Gasteiger partial charge in [0.2, 0.25) is 0 Å². The van der Waals surface area contributed by atoms with Gasteiger partial charge in [0.05, 0.1) is 10.0 Å². The second kappa shape index (κ2) is 7.47. The fourth-order valence-corrected chi connectivity index (χ4v) is 2.30. The van der Waals surface area contributed by atoms with Gasteiger partial charge in [-0.3, -0.25) is 0 Å². The summed E-state index contributed by atoms with van der Waals surface area (Å²) in [5, 5.41) is 0. The van der Waals surface area contributed by atoms with Gasteiger partial charge in [0.25, 0.3) is 0 Å². The zero-order chi connectivity index (χ0) is 15.2. The number of rotatable bonds is 5. The first-order chi connectivity index (χ1) is 10.1. The van der Waals surface area contributed by atoms with E-state index in [1.54, 1.807) is 18.2 Å². The summed E-state index contributed by atoms with van der Waals surface area (Å²) in [5.74, 6) is 0.285. The summed E-state index contributed by atoms with van der Waals surface area (Å²) in [6.07, 6.45) is 0. The minimum atomic E-state index is -0.436. The van der Waals surface area contributed by atoms with E-state index in [1.807, 2.05) is 24.3 Å². The highest BCUT2D eigenvalue weighted by atomic mass is 79.9. The third-order valence-electron chi connectivity index (χ3n) is 2.65. The minimum Gasteiger partial charge on any atom is -0.490 e. The van der Waals surface area contributed by atoms with E-state index >= 15 is 0 Å². The Balaban J connectivity index is 1.82. The van der Waals surface area contributed by atoms with E-state index in [4.69, 9.17) is 15.2 Å². The summed E-state index contributed by atoms with van der Waals surface area (Å²) in [5.41, 5.74) is 6.62. The Morgan fingerprint density at radius 3 is 2.48 bits per heavy atom. The zero-order valence-electron chi connectivity index (χ0n) is 11.0. The van der Waals surface area contributed by atoms with E-state index in [2.05, 4.69) is 31.9 Å². The molecule has 4 nitrogen and oxygen atoms in total. The van der Waals surface area contributed by atoms with Gasteiger partial charge in [-0.1, -0.05) is 22.0 Å². The molecule has 2 aromatic rings. The smallest absolute Gasteiger partial charge is 0.339 e. The molecule has 0 saturated carbocycles. The Kier molecular flexibility index (Phi) is 5.64. The number of benzene rings is 2. The third kappa shape index (κ3) is 4.47. The molecule has 0 aromatic heterocycles. The molecule has 0 amide bonds. The number of halogens is 2. The summed E-state index contributed by atoms with van der Waals surface area (Å²) < 4.78 is 12.1. The van der Waals surface area contributed by atoms with Crippen LogP contribution in [-0.4, -0.2) is 19.2 Å². The first-order valence-electron chi connectivity index (χ1n) is 6.17. The highest BCUT2D eigenvalue weighted by Gasteiger charge is 2.12. The standard InChI is InChI=1S/C15H13Br2NO3/c16-10-4-6-11(7-5-10)20-8-9-21-15(19)12-2-1-3-13(18)14(12)17/h1-7H,8-9,18H2. The summed E-state index contributed by atoms with van der Waals surface area (Å²) in [6, 6.07) is 12.5. The predicted molar refractivity (Wildman–Crippen MR) is 88.5 cm³/mol. The molecule has 6 heteroatoms. The van der Waals surface area contributed by atoms with Crippen molar-refractivity contribution in [2.45, 2.75) is 0 Å². The lowest BCUT2D eigenvalue weighted by Crippen LogP contribution is -2.13. The van der Waals surface area contributed by atoms with Crippen LogP contribution >= 0.6 is 31.9 Å². The number of ether oxygens (including phenoxy) is 2. The molecule has 0 heterocycles. The topological polar surface area (TPSA) is 61.6 Å². The molecule has 0 aliphatic carbocycles. The highest BCUT2D eigenvalue weighted by molar-refractivity contribution is 9.11. The van der Waals surface area contributed by atoms with Crippen LogP contribution in [0.15, 0.2) is 51.4 Å². The maximum Gasteiger partial charge on any atom is 0.339 e. The summed E-state index contributed by atoms with van der Waals surface area (Å²) >= 11 is 6.62. The molecule has 0 atom stereocenters. The number of nitrogen functional groups attached to an aromatic ring is 1. The quantitative estimate of drug-likeness (QED) is 0.455. The molecule has 0 aliphatic heterocycles. The van der Waals surface area contributed by atoms with Crippen molar-refractivity contribution in [1.29, 1.82) is 0 Å². The van der Waals surface area contributed by atoms with Crippen molar-refractivity contribution in [3.8, 4) is 5.75 Å². The van der Waals surface area contributed by atoms with Gasteiger partial charge in [-0.25, -0.2) is 4.79 Å². The number of hydrogen-bond acceptors (Lipinski definition) is 4. The van der Waals surface area contributed by atoms with Crippen molar-refractivity contribution >= 4 is 43.5 Å². The van der Waals surface area contributed by atoms with Gasteiger partial charge in [0.15, 0.2) is 0 Å². The number of nitrogens with two attached hydrogens (primary N) is 1. The van der Waals surface area contributed by atoms with Gasteiger partial charge in [0.1, 0.15) is 19.0 Å². The van der Waals surface area contributed by atoms with Crippen molar-refractivity contribution in [2.24, 2.45) is 0 Å². The van der Waals surface area contributed by atoms with Gasteiger partial charge >= 0.3 is 5.97 Å². The molecule has 0 fully saturated rings. The van der Waals surface area contributed by atoms with Crippen LogP contribution < -0.4 is 10.5 Å². The Hall–Kier alpha value is -1.53. The van der Waals surface area contributed by atoms with Gasteiger partial charge in [-0.15, -0.1) is 0 Å². The fourth-order valence-electron chi connectivity index (χ4n) is 1.61. The number of carbonyl (C=O) groups excluding carboxylic acids is 1. The molecule has 21 heavy (non-hydrogen) atoms. The van der Waals surface area contributed by atoms with Crippen LogP contribution in [0.1, 0.15) is 10.4 Å². The lowest BCUT2D eigenvalue weighted by molar-refractivity contribution is 0.0449. The summed E-state index contributed by atoms with van der Waals surface area (Å²) in [6.45, 7) is 0.448. The average Bonchev–Trinajstić information content (AvgIpc) is 2.48.